The summed E-state index contributed by atoms with van der Waals surface area (Å²) in [6.07, 6.45) is 4.11. The van der Waals surface area contributed by atoms with Crippen LogP contribution >= 0.6 is 0 Å². The SMILES string of the molecule is O=[N+]([O-])c1ccc2nc(NCCC3=CCOCC3)ccc2c1. The van der Waals surface area contributed by atoms with Crippen LogP contribution in [0.3, 0.4) is 0 Å². The lowest BCUT2D eigenvalue weighted by molar-refractivity contribution is -0.384. The van der Waals surface area contributed by atoms with E-state index in [0.717, 1.165) is 42.7 Å². The quantitative estimate of drug-likeness (QED) is 0.521. The number of hydrogen-bond donors (Lipinski definition) is 1. The number of nitro benzene ring substituents is 1. The average Bonchev–Trinajstić information content (AvgIpc) is 2.55. The molecule has 0 aliphatic carbocycles. The predicted octanol–water partition coefficient (Wildman–Crippen LogP) is 3.29. The van der Waals surface area contributed by atoms with E-state index in [4.69, 9.17) is 4.74 Å². The summed E-state index contributed by atoms with van der Waals surface area (Å²) < 4.78 is 5.28. The van der Waals surface area contributed by atoms with Gasteiger partial charge in [-0.2, -0.15) is 0 Å². The van der Waals surface area contributed by atoms with Crippen molar-refractivity contribution in [3.8, 4) is 0 Å². The van der Waals surface area contributed by atoms with Crippen molar-refractivity contribution in [1.29, 1.82) is 0 Å². The van der Waals surface area contributed by atoms with Gasteiger partial charge in [-0.3, -0.25) is 10.1 Å². The van der Waals surface area contributed by atoms with Crippen molar-refractivity contribution in [2.45, 2.75) is 12.8 Å². The average molecular weight is 299 g/mol. The first-order chi connectivity index (χ1) is 10.7. The van der Waals surface area contributed by atoms with E-state index < -0.39 is 4.92 Å². The van der Waals surface area contributed by atoms with E-state index >= 15 is 0 Å². The minimum Gasteiger partial charge on any atom is -0.377 e. The second kappa shape index (κ2) is 6.53. The van der Waals surface area contributed by atoms with E-state index in [-0.39, 0.29) is 5.69 Å². The molecule has 2 heterocycles. The Morgan fingerprint density at radius 1 is 1.32 bits per heavy atom. The van der Waals surface area contributed by atoms with E-state index in [1.54, 1.807) is 12.1 Å². The van der Waals surface area contributed by atoms with Crippen LogP contribution in [0, 0.1) is 10.1 Å². The fraction of sp³-hybridized carbons (Fsp3) is 0.312. The zero-order chi connectivity index (χ0) is 15.4. The third-order valence-corrected chi connectivity index (χ3v) is 3.69. The molecule has 1 aliphatic heterocycles. The first-order valence-electron chi connectivity index (χ1n) is 7.27. The second-order valence-corrected chi connectivity index (χ2v) is 5.19. The van der Waals surface area contributed by atoms with Gasteiger partial charge < -0.3 is 10.1 Å². The van der Waals surface area contributed by atoms with Crippen molar-refractivity contribution in [3.05, 3.63) is 52.1 Å². The molecule has 0 bridgehead atoms. The molecule has 0 atom stereocenters. The molecule has 1 aliphatic rings. The van der Waals surface area contributed by atoms with Gasteiger partial charge in [-0.15, -0.1) is 0 Å². The van der Waals surface area contributed by atoms with Crippen molar-refractivity contribution < 1.29 is 9.66 Å². The first-order valence-corrected chi connectivity index (χ1v) is 7.27. The predicted molar refractivity (Wildman–Crippen MR) is 85.0 cm³/mol. The van der Waals surface area contributed by atoms with Crippen LogP contribution in [-0.2, 0) is 4.74 Å². The molecule has 6 nitrogen and oxygen atoms in total. The van der Waals surface area contributed by atoms with Gasteiger partial charge in [0, 0.05) is 24.1 Å². The number of rotatable bonds is 5. The first kappa shape index (κ1) is 14.5. The molecule has 1 N–H and O–H groups in total. The molecule has 0 spiro atoms. The Bertz CT molecular complexity index is 728. The Morgan fingerprint density at radius 3 is 3.00 bits per heavy atom. The minimum absolute atomic E-state index is 0.0847. The Labute approximate surface area is 128 Å². The number of hydrogen-bond acceptors (Lipinski definition) is 5. The molecule has 0 saturated heterocycles. The van der Waals surface area contributed by atoms with Crippen LogP contribution in [0.2, 0.25) is 0 Å². The monoisotopic (exact) mass is 299 g/mol. The van der Waals surface area contributed by atoms with Crippen LogP contribution in [0.1, 0.15) is 12.8 Å². The zero-order valence-corrected chi connectivity index (χ0v) is 12.1. The van der Waals surface area contributed by atoms with Crippen molar-refractivity contribution in [3.63, 3.8) is 0 Å². The molecule has 1 aromatic carbocycles. The number of ether oxygens (including phenoxy) is 1. The highest BCUT2D eigenvalue weighted by molar-refractivity contribution is 5.82. The Hall–Kier alpha value is -2.47. The molecule has 114 valence electrons. The van der Waals surface area contributed by atoms with Crippen LogP contribution in [0.4, 0.5) is 11.5 Å². The highest BCUT2D eigenvalue weighted by atomic mass is 16.6. The highest BCUT2D eigenvalue weighted by Crippen LogP contribution is 2.21. The summed E-state index contributed by atoms with van der Waals surface area (Å²) in [7, 11) is 0. The van der Waals surface area contributed by atoms with Crippen molar-refractivity contribution in [2.24, 2.45) is 0 Å². The van der Waals surface area contributed by atoms with Crippen molar-refractivity contribution >= 4 is 22.4 Å². The Morgan fingerprint density at radius 2 is 2.23 bits per heavy atom. The summed E-state index contributed by atoms with van der Waals surface area (Å²) in [6.45, 7) is 2.33. The van der Waals surface area contributed by atoms with Crippen LogP contribution < -0.4 is 5.32 Å². The number of nitrogens with zero attached hydrogens (tertiary/aromatic N) is 2. The lowest BCUT2D eigenvalue weighted by Crippen LogP contribution is -2.09. The molecule has 0 amide bonds. The van der Waals surface area contributed by atoms with Crippen LogP contribution in [0.25, 0.3) is 10.9 Å². The molecule has 1 aromatic heterocycles. The van der Waals surface area contributed by atoms with E-state index in [1.807, 2.05) is 12.1 Å². The summed E-state index contributed by atoms with van der Waals surface area (Å²) in [5, 5.41) is 14.8. The number of aromatic nitrogens is 1. The maximum atomic E-state index is 10.8. The summed E-state index contributed by atoms with van der Waals surface area (Å²) in [4.78, 5) is 14.8. The van der Waals surface area contributed by atoms with E-state index in [2.05, 4.69) is 16.4 Å². The van der Waals surface area contributed by atoms with Crippen LogP contribution in [-0.4, -0.2) is 29.7 Å². The third-order valence-electron chi connectivity index (χ3n) is 3.69. The molecule has 0 fully saturated rings. The number of nitro groups is 1. The maximum Gasteiger partial charge on any atom is 0.270 e. The molecule has 2 aromatic rings. The smallest absolute Gasteiger partial charge is 0.270 e. The summed E-state index contributed by atoms with van der Waals surface area (Å²) in [5.74, 6) is 0.786. The maximum absolute atomic E-state index is 10.8. The van der Waals surface area contributed by atoms with Gasteiger partial charge in [0.2, 0.25) is 0 Å². The number of non-ortho nitro benzene ring substituents is 1. The van der Waals surface area contributed by atoms with E-state index in [9.17, 15) is 10.1 Å². The van der Waals surface area contributed by atoms with Crippen LogP contribution in [0.15, 0.2) is 42.0 Å². The minimum atomic E-state index is -0.396. The lowest BCUT2D eigenvalue weighted by atomic mass is 10.1. The fourth-order valence-electron chi connectivity index (χ4n) is 2.47. The van der Waals surface area contributed by atoms with Gasteiger partial charge in [0.25, 0.3) is 5.69 Å². The number of benzene rings is 1. The fourth-order valence-corrected chi connectivity index (χ4v) is 2.47. The summed E-state index contributed by atoms with van der Waals surface area (Å²) in [5.41, 5.74) is 2.25. The second-order valence-electron chi connectivity index (χ2n) is 5.19. The molecule has 22 heavy (non-hydrogen) atoms. The normalized spacial score (nSPS) is 14.6. The van der Waals surface area contributed by atoms with Gasteiger partial charge >= 0.3 is 0 Å². The van der Waals surface area contributed by atoms with E-state index in [1.165, 1.54) is 11.6 Å². The lowest BCUT2D eigenvalue weighted by Gasteiger charge is -2.14. The molecule has 3 rings (SSSR count). The molecule has 6 heteroatoms. The molecular formula is C16H17N3O3. The third kappa shape index (κ3) is 3.40. The zero-order valence-electron chi connectivity index (χ0n) is 12.1. The largest absolute Gasteiger partial charge is 0.377 e. The van der Waals surface area contributed by atoms with Gasteiger partial charge in [0.15, 0.2) is 0 Å². The topological polar surface area (TPSA) is 77.3 Å². The number of pyridine rings is 1. The summed E-state index contributed by atoms with van der Waals surface area (Å²) >= 11 is 0. The van der Waals surface area contributed by atoms with Crippen molar-refractivity contribution in [2.75, 3.05) is 25.1 Å². The molecule has 0 saturated carbocycles. The van der Waals surface area contributed by atoms with Gasteiger partial charge in [-0.05, 0) is 31.0 Å². The van der Waals surface area contributed by atoms with Gasteiger partial charge in [-0.1, -0.05) is 11.6 Å². The molecule has 0 radical (unpaired) electrons. The molecule has 0 unspecified atom stereocenters. The standard InChI is InChI=1S/C16H17N3O3/c20-19(21)14-2-3-15-13(11-14)1-4-16(18-15)17-8-5-12-6-9-22-10-7-12/h1-4,6,11H,5,7-10H2,(H,17,18). The van der Waals surface area contributed by atoms with Crippen LogP contribution in [0.5, 0.6) is 0 Å². The number of fused-ring (bicyclic) bond motifs is 1. The van der Waals surface area contributed by atoms with Gasteiger partial charge in [0.1, 0.15) is 5.82 Å². The van der Waals surface area contributed by atoms with Gasteiger partial charge in [-0.25, -0.2) is 4.98 Å². The Balaban J connectivity index is 1.65. The highest BCUT2D eigenvalue weighted by Gasteiger charge is 2.07. The summed E-state index contributed by atoms with van der Waals surface area (Å²) in [6, 6.07) is 8.40. The van der Waals surface area contributed by atoms with Crippen molar-refractivity contribution in [1.82, 2.24) is 4.98 Å². The van der Waals surface area contributed by atoms with Gasteiger partial charge in [0.05, 0.1) is 23.7 Å². The molecular weight excluding hydrogens is 282 g/mol. The number of nitrogens with one attached hydrogen (secondary N) is 1. The Kier molecular flexibility index (Phi) is 4.29. The number of anilines is 1. The van der Waals surface area contributed by atoms with E-state index in [0.29, 0.717) is 6.61 Å².